The molecule has 1 amide bonds. The summed E-state index contributed by atoms with van der Waals surface area (Å²) >= 11 is 0. The van der Waals surface area contributed by atoms with Gasteiger partial charge in [0.15, 0.2) is 0 Å². The highest BCUT2D eigenvalue weighted by molar-refractivity contribution is 5.89. The Kier molecular flexibility index (Phi) is 6.52. The average Bonchev–Trinajstić information content (AvgIpc) is 3.44. The van der Waals surface area contributed by atoms with E-state index in [1.165, 1.54) is 11.1 Å². The van der Waals surface area contributed by atoms with Crippen molar-refractivity contribution in [3.63, 3.8) is 0 Å². The number of nitrogens with zero attached hydrogens (tertiary/aromatic N) is 3. The van der Waals surface area contributed by atoms with Crippen LogP contribution in [0.2, 0.25) is 0 Å². The van der Waals surface area contributed by atoms with Gasteiger partial charge in [-0.3, -0.25) is 19.4 Å². The van der Waals surface area contributed by atoms with Gasteiger partial charge in [0.1, 0.15) is 5.75 Å². The van der Waals surface area contributed by atoms with Gasteiger partial charge in [0.2, 0.25) is 0 Å². The van der Waals surface area contributed by atoms with Crippen molar-refractivity contribution in [3.8, 4) is 5.75 Å². The summed E-state index contributed by atoms with van der Waals surface area (Å²) in [6, 6.07) is 34.0. The Morgan fingerprint density at radius 2 is 1.44 bits per heavy atom. The van der Waals surface area contributed by atoms with Gasteiger partial charge in [0.05, 0.1) is 31.8 Å². The van der Waals surface area contributed by atoms with Crippen LogP contribution in [0.5, 0.6) is 5.75 Å². The zero-order valence-electron chi connectivity index (χ0n) is 22.0. The van der Waals surface area contributed by atoms with E-state index in [9.17, 15) is 4.79 Å². The number of rotatable bonds is 5. The molecule has 0 aromatic heterocycles. The fraction of sp³-hybridized carbons (Fsp3) is 0.303. The first kappa shape index (κ1) is 24.3. The molecule has 0 N–H and O–H groups in total. The number of hydroxylamine groups is 2. The van der Waals surface area contributed by atoms with Crippen LogP contribution in [0.25, 0.3) is 10.8 Å². The van der Waals surface area contributed by atoms with Crippen LogP contribution in [-0.4, -0.2) is 66.7 Å². The molecule has 198 valence electrons. The number of amides is 1. The van der Waals surface area contributed by atoms with Crippen molar-refractivity contribution in [2.45, 2.75) is 12.1 Å². The lowest BCUT2D eigenvalue weighted by Crippen LogP contribution is -2.51. The molecule has 0 bridgehead atoms. The zero-order valence-corrected chi connectivity index (χ0v) is 22.0. The van der Waals surface area contributed by atoms with Crippen LogP contribution in [0.1, 0.15) is 28.8 Å². The molecule has 4 aromatic carbocycles. The SMILES string of the molecule is O=C(CN1CCN(C(c2ccccc2)c2ccccc2)CC1)N1OC[C@H]2COc3ccc4ccccc4c3[C@@H]21. The largest absolute Gasteiger partial charge is 0.493 e. The minimum absolute atomic E-state index is 0.0272. The normalized spacial score (nSPS) is 21.5. The third-order valence-electron chi connectivity index (χ3n) is 8.41. The molecule has 7 rings (SSSR count). The number of hydrogen-bond acceptors (Lipinski definition) is 5. The van der Waals surface area contributed by atoms with Crippen molar-refractivity contribution in [2.24, 2.45) is 5.92 Å². The third-order valence-corrected chi connectivity index (χ3v) is 8.41. The molecule has 3 heterocycles. The molecule has 0 aliphatic carbocycles. The molecule has 39 heavy (non-hydrogen) atoms. The molecular weight excluding hydrogens is 486 g/mol. The molecule has 0 spiro atoms. The van der Waals surface area contributed by atoms with Gasteiger partial charge in [0, 0.05) is 37.7 Å². The highest BCUT2D eigenvalue weighted by atomic mass is 16.7. The topological polar surface area (TPSA) is 45.3 Å². The second-order valence-corrected chi connectivity index (χ2v) is 10.8. The second-order valence-electron chi connectivity index (χ2n) is 10.8. The summed E-state index contributed by atoms with van der Waals surface area (Å²) in [7, 11) is 0. The lowest BCUT2D eigenvalue weighted by atomic mass is 9.88. The Morgan fingerprint density at radius 1 is 0.769 bits per heavy atom. The molecule has 3 aliphatic heterocycles. The molecule has 6 heteroatoms. The highest BCUT2D eigenvalue weighted by Crippen LogP contribution is 2.46. The maximum Gasteiger partial charge on any atom is 0.260 e. The van der Waals surface area contributed by atoms with E-state index in [0.29, 0.717) is 19.8 Å². The van der Waals surface area contributed by atoms with Crippen LogP contribution in [0.4, 0.5) is 0 Å². The van der Waals surface area contributed by atoms with E-state index in [2.05, 4.69) is 88.7 Å². The van der Waals surface area contributed by atoms with E-state index in [1.54, 1.807) is 5.06 Å². The van der Waals surface area contributed by atoms with Crippen LogP contribution in [-0.2, 0) is 9.63 Å². The number of ether oxygens (including phenoxy) is 1. The van der Waals surface area contributed by atoms with Crippen LogP contribution < -0.4 is 4.74 Å². The molecule has 3 aliphatic rings. The Bertz CT molecular complexity index is 1410. The number of benzene rings is 4. The van der Waals surface area contributed by atoms with Crippen LogP contribution >= 0.6 is 0 Å². The molecule has 2 atom stereocenters. The summed E-state index contributed by atoms with van der Waals surface area (Å²) in [5, 5.41) is 3.94. The van der Waals surface area contributed by atoms with Gasteiger partial charge in [-0.1, -0.05) is 91.0 Å². The summed E-state index contributed by atoms with van der Waals surface area (Å²) in [6.45, 7) is 4.91. The van der Waals surface area contributed by atoms with E-state index in [0.717, 1.165) is 48.3 Å². The fourth-order valence-electron chi connectivity index (χ4n) is 6.49. The average molecular weight is 520 g/mol. The van der Waals surface area contributed by atoms with E-state index >= 15 is 0 Å². The zero-order chi connectivity index (χ0) is 26.2. The minimum atomic E-state index is -0.116. The predicted molar refractivity (Wildman–Crippen MR) is 151 cm³/mol. The summed E-state index contributed by atoms with van der Waals surface area (Å²) in [5.41, 5.74) is 3.68. The van der Waals surface area contributed by atoms with Crippen LogP contribution in [0, 0.1) is 5.92 Å². The Hall–Kier alpha value is -3.71. The van der Waals surface area contributed by atoms with Crippen molar-refractivity contribution in [1.82, 2.24) is 14.9 Å². The number of carbonyl (C=O) groups is 1. The first-order valence-corrected chi connectivity index (χ1v) is 13.9. The summed E-state index contributed by atoms with van der Waals surface area (Å²) < 4.78 is 6.10. The van der Waals surface area contributed by atoms with E-state index in [-0.39, 0.29) is 23.9 Å². The van der Waals surface area contributed by atoms with Crippen molar-refractivity contribution in [2.75, 3.05) is 45.9 Å². The number of fused-ring (bicyclic) bond motifs is 5. The van der Waals surface area contributed by atoms with Gasteiger partial charge in [-0.25, -0.2) is 5.06 Å². The highest BCUT2D eigenvalue weighted by Gasteiger charge is 2.45. The minimum Gasteiger partial charge on any atom is -0.493 e. The van der Waals surface area contributed by atoms with Gasteiger partial charge < -0.3 is 4.74 Å². The lowest BCUT2D eigenvalue weighted by Gasteiger charge is -2.40. The van der Waals surface area contributed by atoms with Gasteiger partial charge in [-0.05, 0) is 28.0 Å². The van der Waals surface area contributed by atoms with E-state index < -0.39 is 0 Å². The monoisotopic (exact) mass is 519 g/mol. The van der Waals surface area contributed by atoms with Gasteiger partial charge in [-0.2, -0.15) is 0 Å². The van der Waals surface area contributed by atoms with E-state index in [4.69, 9.17) is 9.57 Å². The third kappa shape index (κ3) is 4.59. The molecule has 2 saturated heterocycles. The molecule has 0 unspecified atom stereocenters. The second kappa shape index (κ2) is 10.5. The fourth-order valence-corrected chi connectivity index (χ4v) is 6.49. The van der Waals surface area contributed by atoms with Crippen molar-refractivity contribution in [1.29, 1.82) is 0 Å². The maximum atomic E-state index is 13.7. The Morgan fingerprint density at radius 3 is 2.15 bits per heavy atom. The maximum absolute atomic E-state index is 13.7. The number of piperazine rings is 1. The molecular formula is C33H33N3O3. The predicted octanol–water partition coefficient (Wildman–Crippen LogP) is 5.07. The molecule has 0 saturated carbocycles. The Balaban J connectivity index is 1.06. The lowest BCUT2D eigenvalue weighted by molar-refractivity contribution is -0.178. The first-order chi connectivity index (χ1) is 19.3. The van der Waals surface area contributed by atoms with Gasteiger partial charge in [0.25, 0.3) is 5.91 Å². The van der Waals surface area contributed by atoms with Gasteiger partial charge >= 0.3 is 0 Å². The standard InChI is InChI=1S/C33H33N3O3/c37-30(36-33-27(23-39-36)22-38-29-16-15-24-9-7-8-14-28(24)31(29)33)21-34-17-19-35(20-18-34)32(25-10-3-1-4-11-25)26-12-5-2-6-13-26/h1-16,27,32-33H,17-23H2/t27-,33-/m1/s1. The van der Waals surface area contributed by atoms with Crippen molar-refractivity contribution >= 4 is 16.7 Å². The van der Waals surface area contributed by atoms with Crippen molar-refractivity contribution < 1.29 is 14.4 Å². The van der Waals surface area contributed by atoms with Crippen LogP contribution in [0.15, 0.2) is 97.1 Å². The Labute approximate surface area is 229 Å². The molecule has 0 radical (unpaired) electrons. The molecule has 2 fully saturated rings. The quantitative estimate of drug-likeness (QED) is 0.368. The first-order valence-electron chi connectivity index (χ1n) is 13.9. The number of hydrogen-bond donors (Lipinski definition) is 0. The van der Waals surface area contributed by atoms with Gasteiger partial charge in [-0.15, -0.1) is 0 Å². The summed E-state index contributed by atoms with van der Waals surface area (Å²) in [4.78, 5) is 24.5. The van der Waals surface area contributed by atoms with Crippen molar-refractivity contribution in [3.05, 3.63) is 114 Å². The summed E-state index contributed by atoms with van der Waals surface area (Å²) in [5.74, 6) is 1.03. The molecule has 6 nitrogen and oxygen atoms in total. The summed E-state index contributed by atoms with van der Waals surface area (Å²) in [6.07, 6.45) is 0. The van der Waals surface area contributed by atoms with Crippen LogP contribution in [0.3, 0.4) is 0 Å². The molecule has 4 aromatic rings. The number of carbonyl (C=O) groups excluding carboxylic acids is 1. The smallest absolute Gasteiger partial charge is 0.260 e. The van der Waals surface area contributed by atoms with E-state index in [1.807, 2.05) is 18.2 Å².